The molecule has 0 aliphatic heterocycles. The number of aromatic nitrogens is 1. The Balaban J connectivity index is 1.53. The van der Waals surface area contributed by atoms with Gasteiger partial charge in [-0.3, -0.25) is 9.78 Å². The van der Waals surface area contributed by atoms with Crippen LogP contribution in [0.5, 0.6) is 0 Å². The maximum Gasteiger partial charge on any atom is 0.253 e. The number of benzene rings is 1. The minimum absolute atomic E-state index is 0.0675. The molecule has 0 bridgehead atoms. The average molecular weight is 355 g/mol. The SMILES string of the molecule is O=C(NC1CCCCCC1)c1cncc(NCCc2ccccc2F)c1. The van der Waals surface area contributed by atoms with Crippen molar-refractivity contribution in [1.29, 1.82) is 0 Å². The molecule has 1 heterocycles. The Morgan fingerprint density at radius 2 is 1.88 bits per heavy atom. The van der Waals surface area contributed by atoms with Crippen LogP contribution in [0.15, 0.2) is 42.7 Å². The van der Waals surface area contributed by atoms with E-state index in [0.29, 0.717) is 24.1 Å². The zero-order valence-electron chi connectivity index (χ0n) is 15.0. The molecule has 1 aliphatic rings. The molecule has 0 saturated heterocycles. The summed E-state index contributed by atoms with van der Waals surface area (Å²) < 4.78 is 13.6. The van der Waals surface area contributed by atoms with Crippen LogP contribution in [0.25, 0.3) is 0 Å². The number of carbonyl (C=O) groups excluding carboxylic acids is 1. The Morgan fingerprint density at radius 1 is 1.12 bits per heavy atom. The fraction of sp³-hybridized carbons (Fsp3) is 0.429. The Morgan fingerprint density at radius 3 is 2.65 bits per heavy atom. The van der Waals surface area contributed by atoms with Gasteiger partial charge in [-0.15, -0.1) is 0 Å². The third-order valence-electron chi connectivity index (χ3n) is 4.87. The number of amides is 1. The number of anilines is 1. The van der Waals surface area contributed by atoms with E-state index in [9.17, 15) is 9.18 Å². The van der Waals surface area contributed by atoms with E-state index in [-0.39, 0.29) is 17.8 Å². The second-order valence-electron chi connectivity index (χ2n) is 6.89. The van der Waals surface area contributed by atoms with Crippen LogP contribution in [0.2, 0.25) is 0 Å². The predicted octanol–water partition coefficient (Wildman–Crippen LogP) is 4.33. The van der Waals surface area contributed by atoms with E-state index in [2.05, 4.69) is 15.6 Å². The van der Waals surface area contributed by atoms with Crippen LogP contribution in [-0.2, 0) is 6.42 Å². The number of nitrogens with zero attached hydrogens (tertiary/aromatic N) is 1. The van der Waals surface area contributed by atoms with Gasteiger partial charge < -0.3 is 10.6 Å². The summed E-state index contributed by atoms with van der Waals surface area (Å²) in [5, 5.41) is 6.36. The first-order valence-corrected chi connectivity index (χ1v) is 9.45. The van der Waals surface area contributed by atoms with Gasteiger partial charge in [0.15, 0.2) is 0 Å². The fourth-order valence-corrected chi connectivity index (χ4v) is 3.40. The normalized spacial score (nSPS) is 15.3. The van der Waals surface area contributed by atoms with Gasteiger partial charge in [0.05, 0.1) is 11.3 Å². The monoisotopic (exact) mass is 355 g/mol. The van der Waals surface area contributed by atoms with Crippen molar-refractivity contribution in [2.45, 2.75) is 51.0 Å². The molecule has 1 saturated carbocycles. The molecule has 1 aromatic carbocycles. The summed E-state index contributed by atoms with van der Waals surface area (Å²) >= 11 is 0. The van der Waals surface area contributed by atoms with E-state index in [1.807, 2.05) is 6.07 Å². The molecule has 138 valence electrons. The topological polar surface area (TPSA) is 54.0 Å². The number of hydrogen-bond donors (Lipinski definition) is 2. The molecule has 1 aliphatic carbocycles. The molecule has 0 atom stereocenters. The Kier molecular flexibility index (Phi) is 6.58. The average Bonchev–Trinajstić information content (AvgIpc) is 2.92. The van der Waals surface area contributed by atoms with Crippen molar-refractivity contribution in [3.63, 3.8) is 0 Å². The molecule has 5 heteroatoms. The summed E-state index contributed by atoms with van der Waals surface area (Å²) in [6, 6.07) is 8.84. The van der Waals surface area contributed by atoms with Gasteiger partial charge in [0.2, 0.25) is 0 Å². The van der Waals surface area contributed by atoms with Crippen molar-refractivity contribution < 1.29 is 9.18 Å². The summed E-state index contributed by atoms with van der Waals surface area (Å²) in [5.74, 6) is -0.258. The van der Waals surface area contributed by atoms with Crippen LogP contribution in [-0.4, -0.2) is 23.5 Å². The Bertz CT molecular complexity index is 727. The first kappa shape index (κ1) is 18.4. The highest BCUT2D eigenvalue weighted by Gasteiger charge is 2.16. The van der Waals surface area contributed by atoms with Crippen molar-refractivity contribution in [1.82, 2.24) is 10.3 Å². The first-order chi connectivity index (χ1) is 12.7. The summed E-state index contributed by atoms with van der Waals surface area (Å²) in [7, 11) is 0. The van der Waals surface area contributed by atoms with Crippen molar-refractivity contribution >= 4 is 11.6 Å². The Hall–Kier alpha value is -2.43. The van der Waals surface area contributed by atoms with E-state index >= 15 is 0 Å². The third-order valence-corrected chi connectivity index (χ3v) is 4.87. The molecule has 3 rings (SSSR count). The third kappa shape index (κ3) is 5.28. The summed E-state index contributed by atoms with van der Waals surface area (Å²) in [6.45, 7) is 0.580. The number of pyridine rings is 1. The van der Waals surface area contributed by atoms with Crippen LogP contribution < -0.4 is 10.6 Å². The molecule has 1 amide bonds. The van der Waals surface area contributed by atoms with Gasteiger partial charge in [-0.25, -0.2) is 4.39 Å². The van der Waals surface area contributed by atoms with Crippen LogP contribution in [0.4, 0.5) is 10.1 Å². The van der Waals surface area contributed by atoms with Crippen molar-refractivity contribution in [3.8, 4) is 0 Å². The van der Waals surface area contributed by atoms with Gasteiger partial charge >= 0.3 is 0 Å². The maximum absolute atomic E-state index is 13.6. The van der Waals surface area contributed by atoms with Gasteiger partial charge in [-0.1, -0.05) is 43.9 Å². The standard InChI is InChI=1S/C21H26FN3O/c22-20-10-6-5-7-16(20)11-12-24-19-13-17(14-23-15-19)21(26)25-18-8-3-1-2-4-9-18/h5-7,10,13-15,18,24H,1-4,8-9,11-12H2,(H,25,26). The van der Waals surface area contributed by atoms with Crippen molar-refractivity contribution in [3.05, 3.63) is 59.7 Å². The summed E-state index contributed by atoms with van der Waals surface area (Å²) in [6.07, 6.45) is 10.8. The molecule has 26 heavy (non-hydrogen) atoms. The molecule has 0 unspecified atom stereocenters. The molecule has 1 fully saturated rings. The molecule has 2 aromatic rings. The van der Waals surface area contributed by atoms with E-state index in [4.69, 9.17) is 0 Å². The van der Waals surface area contributed by atoms with Gasteiger partial charge in [0.25, 0.3) is 5.91 Å². The first-order valence-electron chi connectivity index (χ1n) is 9.45. The molecule has 0 radical (unpaired) electrons. The van der Waals surface area contributed by atoms with Gasteiger partial charge in [0, 0.05) is 25.0 Å². The van der Waals surface area contributed by atoms with Gasteiger partial charge in [-0.2, -0.15) is 0 Å². The molecular formula is C21H26FN3O. The van der Waals surface area contributed by atoms with Crippen LogP contribution in [0.1, 0.15) is 54.4 Å². The zero-order chi connectivity index (χ0) is 18.2. The number of nitrogens with one attached hydrogen (secondary N) is 2. The van der Waals surface area contributed by atoms with Crippen molar-refractivity contribution in [2.24, 2.45) is 0 Å². The smallest absolute Gasteiger partial charge is 0.253 e. The van der Waals surface area contributed by atoms with E-state index in [1.165, 1.54) is 31.7 Å². The number of hydrogen-bond acceptors (Lipinski definition) is 3. The summed E-state index contributed by atoms with van der Waals surface area (Å²) in [5.41, 5.74) is 2.01. The minimum Gasteiger partial charge on any atom is -0.383 e. The zero-order valence-corrected chi connectivity index (χ0v) is 15.0. The molecule has 1 aromatic heterocycles. The number of halogens is 1. The van der Waals surface area contributed by atoms with E-state index in [1.54, 1.807) is 30.6 Å². The molecule has 0 spiro atoms. The largest absolute Gasteiger partial charge is 0.383 e. The molecular weight excluding hydrogens is 329 g/mol. The minimum atomic E-state index is -0.191. The summed E-state index contributed by atoms with van der Waals surface area (Å²) in [4.78, 5) is 16.7. The Labute approximate surface area is 154 Å². The van der Waals surface area contributed by atoms with Gasteiger partial charge in [-0.05, 0) is 37.0 Å². The van der Waals surface area contributed by atoms with Crippen LogP contribution >= 0.6 is 0 Å². The molecule has 4 nitrogen and oxygen atoms in total. The lowest BCUT2D eigenvalue weighted by Gasteiger charge is -2.16. The fourth-order valence-electron chi connectivity index (χ4n) is 3.40. The van der Waals surface area contributed by atoms with Gasteiger partial charge in [0.1, 0.15) is 5.82 Å². The quantitative estimate of drug-likeness (QED) is 0.759. The highest BCUT2D eigenvalue weighted by Crippen LogP contribution is 2.18. The second-order valence-corrected chi connectivity index (χ2v) is 6.89. The lowest BCUT2D eigenvalue weighted by molar-refractivity contribution is 0.0933. The lowest BCUT2D eigenvalue weighted by atomic mass is 10.1. The number of carbonyl (C=O) groups is 1. The van der Waals surface area contributed by atoms with Crippen LogP contribution in [0, 0.1) is 5.82 Å². The lowest BCUT2D eigenvalue weighted by Crippen LogP contribution is -2.34. The number of rotatable bonds is 6. The van der Waals surface area contributed by atoms with Crippen molar-refractivity contribution in [2.75, 3.05) is 11.9 Å². The second kappa shape index (κ2) is 9.32. The van der Waals surface area contributed by atoms with Crippen LogP contribution in [0.3, 0.4) is 0 Å². The maximum atomic E-state index is 13.6. The highest BCUT2D eigenvalue weighted by molar-refractivity contribution is 5.94. The molecule has 2 N–H and O–H groups in total. The predicted molar refractivity (Wildman–Crippen MR) is 102 cm³/mol. The highest BCUT2D eigenvalue weighted by atomic mass is 19.1. The van der Waals surface area contributed by atoms with E-state index in [0.717, 1.165) is 18.5 Å². The van der Waals surface area contributed by atoms with E-state index < -0.39 is 0 Å².